The molecule has 0 bridgehead atoms. The summed E-state index contributed by atoms with van der Waals surface area (Å²) in [5.41, 5.74) is -2.82. The molecule has 2 rings (SSSR count). The van der Waals surface area contributed by atoms with Crippen molar-refractivity contribution < 1.29 is 30.8 Å². The van der Waals surface area contributed by atoms with Gasteiger partial charge in [-0.2, -0.15) is 22.0 Å². The first kappa shape index (κ1) is 13.3. The second kappa shape index (κ2) is 4.22. The largest absolute Gasteiger partial charge is 0.461 e. The molecule has 102 valence electrons. The highest BCUT2D eigenvalue weighted by Gasteiger charge is 2.59. The predicted molar refractivity (Wildman–Crippen MR) is 52.6 cm³/mol. The zero-order valence-corrected chi connectivity index (χ0v) is 9.00. The molecule has 0 amide bonds. The van der Waals surface area contributed by atoms with Gasteiger partial charge in [0.2, 0.25) is 0 Å². The summed E-state index contributed by atoms with van der Waals surface area (Å²) < 4.78 is 72.2. The fourth-order valence-corrected chi connectivity index (χ4v) is 1.36. The van der Waals surface area contributed by atoms with Crippen LogP contribution in [-0.2, 0) is 5.92 Å². The average molecular weight is 280 g/mol. The molecular weight excluding hydrogens is 275 g/mol. The van der Waals surface area contributed by atoms with E-state index in [0.717, 1.165) is 6.26 Å². The van der Waals surface area contributed by atoms with Gasteiger partial charge in [-0.25, -0.2) is 4.79 Å². The molecule has 0 unspecified atom stereocenters. The third-order valence-corrected chi connectivity index (χ3v) is 2.25. The molecule has 0 saturated carbocycles. The molecule has 0 saturated heterocycles. The number of furan rings is 1. The normalized spacial score (nSPS) is 12.7. The molecule has 0 N–H and O–H groups in total. The third-order valence-electron chi connectivity index (χ3n) is 2.25. The van der Waals surface area contributed by atoms with Crippen LogP contribution in [0.15, 0.2) is 44.2 Å². The highest BCUT2D eigenvalue weighted by molar-refractivity contribution is 5.50. The van der Waals surface area contributed by atoms with E-state index in [9.17, 15) is 26.7 Å². The molecule has 0 spiro atoms. The lowest BCUT2D eigenvalue weighted by Gasteiger charge is -2.19. The van der Waals surface area contributed by atoms with Crippen LogP contribution in [0, 0.1) is 0 Å². The molecule has 19 heavy (non-hydrogen) atoms. The fourth-order valence-electron chi connectivity index (χ4n) is 1.36. The molecule has 2 heterocycles. The van der Waals surface area contributed by atoms with Crippen LogP contribution in [0.5, 0.6) is 0 Å². The smallest absolute Gasteiger partial charge is 0.458 e. The lowest BCUT2D eigenvalue weighted by Crippen LogP contribution is -2.34. The van der Waals surface area contributed by atoms with Gasteiger partial charge >= 0.3 is 17.7 Å². The molecule has 0 aliphatic heterocycles. The summed E-state index contributed by atoms with van der Waals surface area (Å²) in [4.78, 5) is 11.1. The van der Waals surface area contributed by atoms with Gasteiger partial charge in [0.25, 0.3) is 0 Å². The van der Waals surface area contributed by atoms with Crippen molar-refractivity contribution in [2.75, 3.05) is 0 Å². The molecule has 2 aromatic rings. The van der Waals surface area contributed by atoms with Gasteiger partial charge in [-0.1, -0.05) is 0 Å². The summed E-state index contributed by atoms with van der Waals surface area (Å²) in [7, 11) is 0. The summed E-state index contributed by atoms with van der Waals surface area (Å²) in [6.07, 6.45) is -4.65. The molecule has 3 nitrogen and oxygen atoms in total. The van der Waals surface area contributed by atoms with Crippen LogP contribution in [0.3, 0.4) is 0 Å². The van der Waals surface area contributed by atoms with Gasteiger partial charge < -0.3 is 8.83 Å². The van der Waals surface area contributed by atoms with Gasteiger partial charge in [0.15, 0.2) is 11.5 Å². The molecule has 0 radical (unpaired) electrons. The molecule has 0 aliphatic carbocycles. The van der Waals surface area contributed by atoms with Gasteiger partial charge in [-0.05, 0) is 18.2 Å². The minimum Gasteiger partial charge on any atom is -0.461 e. The Bertz CT molecular complexity index is 625. The Hall–Kier alpha value is -2.12. The fraction of sp³-hybridized carbons (Fsp3) is 0.182. The van der Waals surface area contributed by atoms with Crippen molar-refractivity contribution in [3.8, 4) is 11.5 Å². The third kappa shape index (κ3) is 2.38. The quantitative estimate of drug-likeness (QED) is 0.790. The number of hydrogen-bond donors (Lipinski definition) is 0. The predicted octanol–water partition coefficient (Wildman–Crippen LogP) is 3.55. The van der Waals surface area contributed by atoms with Crippen molar-refractivity contribution in [2.24, 2.45) is 0 Å². The molecule has 0 aromatic carbocycles. The molecule has 0 atom stereocenters. The first-order valence-corrected chi connectivity index (χ1v) is 4.86. The van der Waals surface area contributed by atoms with Crippen molar-refractivity contribution in [2.45, 2.75) is 12.1 Å². The van der Waals surface area contributed by atoms with E-state index < -0.39 is 29.0 Å². The number of alkyl halides is 5. The van der Waals surface area contributed by atoms with E-state index in [4.69, 9.17) is 4.42 Å². The van der Waals surface area contributed by atoms with Crippen LogP contribution >= 0.6 is 0 Å². The summed E-state index contributed by atoms with van der Waals surface area (Å²) in [5.74, 6) is -5.78. The zero-order chi connectivity index (χ0) is 14.3. The molecule has 8 heteroatoms. The second-order valence-corrected chi connectivity index (χ2v) is 3.58. The Morgan fingerprint density at radius 1 is 1.00 bits per heavy atom. The molecule has 0 aliphatic rings. The summed E-state index contributed by atoms with van der Waals surface area (Å²) in [5, 5.41) is 0. The Kier molecular flexibility index (Phi) is 2.95. The van der Waals surface area contributed by atoms with Crippen molar-refractivity contribution in [1.82, 2.24) is 0 Å². The van der Waals surface area contributed by atoms with Gasteiger partial charge in [0.05, 0.1) is 6.26 Å². The second-order valence-electron chi connectivity index (χ2n) is 3.58. The minimum atomic E-state index is -5.80. The zero-order valence-electron chi connectivity index (χ0n) is 9.00. The Labute approximate surface area is 102 Å². The Morgan fingerprint density at radius 2 is 1.68 bits per heavy atom. The first-order chi connectivity index (χ1) is 8.72. The Balaban J connectivity index is 2.58. The van der Waals surface area contributed by atoms with Crippen LogP contribution in [0.2, 0.25) is 0 Å². The highest BCUT2D eigenvalue weighted by Crippen LogP contribution is 2.44. The van der Waals surface area contributed by atoms with Crippen LogP contribution in [-0.4, -0.2) is 6.18 Å². The maximum Gasteiger partial charge on any atom is 0.458 e. The van der Waals surface area contributed by atoms with Gasteiger partial charge in [0.1, 0.15) is 0 Å². The average Bonchev–Trinajstić information content (AvgIpc) is 2.79. The van der Waals surface area contributed by atoms with Crippen LogP contribution in [0.25, 0.3) is 11.5 Å². The monoisotopic (exact) mass is 280 g/mol. The maximum atomic E-state index is 13.1. The van der Waals surface area contributed by atoms with E-state index in [1.165, 1.54) is 12.1 Å². The minimum absolute atomic E-state index is 0.0972. The number of halogens is 5. The van der Waals surface area contributed by atoms with E-state index in [-0.39, 0.29) is 11.8 Å². The standard InChI is InChI=1S/C11H5F5O3/c12-10(13,11(14,15)16)6-4-8(19-9(17)5-6)7-2-1-3-18-7/h1-5H. The van der Waals surface area contributed by atoms with E-state index >= 15 is 0 Å². The lowest BCUT2D eigenvalue weighted by molar-refractivity contribution is -0.289. The van der Waals surface area contributed by atoms with E-state index in [0.29, 0.717) is 6.07 Å². The lowest BCUT2D eigenvalue weighted by atomic mass is 10.1. The van der Waals surface area contributed by atoms with E-state index in [2.05, 4.69) is 4.42 Å². The van der Waals surface area contributed by atoms with Crippen molar-refractivity contribution >= 4 is 0 Å². The summed E-state index contributed by atoms with van der Waals surface area (Å²) in [6.45, 7) is 0. The molecule has 0 fully saturated rings. The molecular formula is C11H5F5O3. The summed E-state index contributed by atoms with van der Waals surface area (Å²) >= 11 is 0. The van der Waals surface area contributed by atoms with Crippen LogP contribution in [0.4, 0.5) is 22.0 Å². The van der Waals surface area contributed by atoms with Crippen molar-refractivity contribution in [3.05, 3.63) is 46.5 Å². The Morgan fingerprint density at radius 3 is 2.21 bits per heavy atom. The molecule has 2 aromatic heterocycles. The van der Waals surface area contributed by atoms with Crippen LogP contribution < -0.4 is 5.63 Å². The SMILES string of the molecule is O=c1cc(C(F)(F)C(F)(F)F)cc(-c2ccco2)o1. The summed E-state index contributed by atoms with van der Waals surface area (Å²) in [6, 6.07) is 3.14. The first-order valence-electron chi connectivity index (χ1n) is 4.86. The van der Waals surface area contributed by atoms with Crippen molar-refractivity contribution in [3.63, 3.8) is 0 Å². The maximum absolute atomic E-state index is 13.1. The van der Waals surface area contributed by atoms with Gasteiger partial charge in [0, 0.05) is 11.6 Å². The van der Waals surface area contributed by atoms with E-state index in [1.807, 2.05) is 0 Å². The number of rotatable bonds is 2. The topological polar surface area (TPSA) is 43.4 Å². The van der Waals surface area contributed by atoms with Crippen molar-refractivity contribution in [1.29, 1.82) is 0 Å². The van der Waals surface area contributed by atoms with Gasteiger partial charge in [-0.15, -0.1) is 0 Å². The van der Waals surface area contributed by atoms with E-state index in [1.54, 1.807) is 0 Å². The number of hydrogen-bond acceptors (Lipinski definition) is 3. The van der Waals surface area contributed by atoms with Crippen LogP contribution in [0.1, 0.15) is 5.56 Å². The highest BCUT2D eigenvalue weighted by atomic mass is 19.4. The van der Waals surface area contributed by atoms with Gasteiger partial charge in [-0.3, -0.25) is 0 Å².